The lowest BCUT2D eigenvalue weighted by Gasteiger charge is -2.14. The standard InChI is InChI=1S/C19H21F2NO2/c1-13-5-2-3-7-16(13)18(23)12-22-19(24)8-4-6-14-11-15(20)9-10-17(14)21/h2-3,5,7,9-11,18,23H,4,6,8,12H2,1H3,(H,22,24). The number of aryl methyl sites for hydroxylation is 2. The molecule has 0 bridgehead atoms. The van der Waals surface area contributed by atoms with E-state index in [4.69, 9.17) is 0 Å². The van der Waals surface area contributed by atoms with Crippen LogP contribution in [0.3, 0.4) is 0 Å². The van der Waals surface area contributed by atoms with Crippen LogP contribution in [0, 0.1) is 18.6 Å². The Labute approximate surface area is 140 Å². The Morgan fingerprint density at radius 2 is 1.96 bits per heavy atom. The van der Waals surface area contributed by atoms with E-state index in [-0.39, 0.29) is 30.9 Å². The van der Waals surface area contributed by atoms with Gasteiger partial charge in [0.05, 0.1) is 6.10 Å². The first kappa shape index (κ1) is 18.1. The Kier molecular flexibility index (Phi) is 6.44. The molecular formula is C19H21F2NO2. The quantitative estimate of drug-likeness (QED) is 0.815. The van der Waals surface area contributed by atoms with E-state index in [1.165, 1.54) is 0 Å². The van der Waals surface area contributed by atoms with Gasteiger partial charge in [-0.3, -0.25) is 4.79 Å². The molecule has 0 fully saturated rings. The van der Waals surface area contributed by atoms with Crippen LogP contribution in [0.15, 0.2) is 42.5 Å². The number of carbonyl (C=O) groups excluding carboxylic acids is 1. The molecule has 0 radical (unpaired) electrons. The summed E-state index contributed by atoms with van der Waals surface area (Å²) in [5.74, 6) is -1.18. The molecule has 2 aromatic carbocycles. The van der Waals surface area contributed by atoms with Crippen LogP contribution in [0.5, 0.6) is 0 Å². The van der Waals surface area contributed by atoms with E-state index in [1.807, 2.05) is 31.2 Å². The van der Waals surface area contributed by atoms with Crippen LogP contribution < -0.4 is 5.32 Å². The summed E-state index contributed by atoms with van der Waals surface area (Å²) in [5.41, 5.74) is 2.00. The number of hydrogen-bond acceptors (Lipinski definition) is 2. The van der Waals surface area contributed by atoms with Gasteiger partial charge in [0.2, 0.25) is 5.91 Å². The fourth-order valence-electron chi connectivity index (χ4n) is 2.54. The molecule has 0 aromatic heterocycles. The highest BCUT2D eigenvalue weighted by Crippen LogP contribution is 2.16. The maximum atomic E-state index is 13.5. The SMILES string of the molecule is Cc1ccccc1C(O)CNC(=O)CCCc1cc(F)ccc1F. The van der Waals surface area contributed by atoms with Crippen molar-refractivity contribution in [1.29, 1.82) is 0 Å². The van der Waals surface area contributed by atoms with Gasteiger partial charge in [0.15, 0.2) is 0 Å². The van der Waals surface area contributed by atoms with E-state index in [1.54, 1.807) is 0 Å². The Morgan fingerprint density at radius 3 is 2.71 bits per heavy atom. The highest BCUT2D eigenvalue weighted by molar-refractivity contribution is 5.75. The molecule has 2 aromatic rings. The second-order valence-corrected chi connectivity index (χ2v) is 5.77. The lowest BCUT2D eigenvalue weighted by Crippen LogP contribution is -2.28. The fraction of sp³-hybridized carbons (Fsp3) is 0.316. The van der Waals surface area contributed by atoms with Gasteiger partial charge >= 0.3 is 0 Å². The zero-order valence-electron chi connectivity index (χ0n) is 13.6. The Hall–Kier alpha value is -2.27. The molecule has 5 heteroatoms. The van der Waals surface area contributed by atoms with Gasteiger partial charge in [-0.25, -0.2) is 8.78 Å². The molecule has 2 rings (SSSR count). The lowest BCUT2D eigenvalue weighted by atomic mass is 10.0. The molecule has 0 aliphatic carbocycles. The smallest absolute Gasteiger partial charge is 0.220 e. The first-order valence-corrected chi connectivity index (χ1v) is 7.91. The molecule has 128 valence electrons. The van der Waals surface area contributed by atoms with E-state index < -0.39 is 17.7 Å². The zero-order valence-corrected chi connectivity index (χ0v) is 13.6. The number of benzene rings is 2. The number of nitrogens with one attached hydrogen (secondary N) is 1. The molecule has 1 unspecified atom stereocenters. The van der Waals surface area contributed by atoms with Crippen LogP contribution in [0.2, 0.25) is 0 Å². The minimum Gasteiger partial charge on any atom is -0.387 e. The van der Waals surface area contributed by atoms with Crippen LogP contribution in [-0.2, 0) is 11.2 Å². The third kappa shape index (κ3) is 5.13. The zero-order chi connectivity index (χ0) is 17.5. The van der Waals surface area contributed by atoms with Gasteiger partial charge in [-0.2, -0.15) is 0 Å². The van der Waals surface area contributed by atoms with Crippen LogP contribution in [0.25, 0.3) is 0 Å². The number of aliphatic hydroxyl groups is 1. The van der Waals surface area contributed by atoms with E-state index in [0.717, 1.165) is 29.3 Å². The predicted molar refractivity (Wildman–Crippen MR) is 88.4 cm³/mol. The summed E-state index contributed by atoms with van der Waals surface area (Å²) in [7, 11) is 0. The van der Waals surface area contributed by atoms with Gasteiger partial charge in [0.25, 0.3) is 0 Å². The van der Waals surface area contributed by atoms with Crippen LogP contribution >= 0.6 is 0 Å². The average Bonchev–Trinajstić information content (AvgIpc) is 2.56. The minimum absolute atomic E-state index is 0.123. The summed E-state index contributed by atoms with van der Waals surface area (Å²) < 4.78 is 26.5. The number of halogens is 2. The number of rotatable bonds is 7. The van der Waals surface area contributed by atoms with Crippen molar-refractivity contribution in [2.45, 2.75) is 32.3 Å². The molecule has 2 N–H and O–H groups in total. The molecule has 0 aliphatic heterocycles. The second kappa shape index (κ2) is 8.55. The highest BCUT2D eigenvalue weighted by Gasteiger charge is 2.11. The maximum absolute atomic E-state index is 13.5. The number of amides is 1. The van der Waals surface area contributed by atoms with Gasteiger partial charge in [-0.15, -0.1) is 0 Å². The number of aliphatic hydroxyl groups excluding tert-OH is 1. The lowest BCUT2D eigenvalue weighted by molar-refractivity contribution is -0.121. The molecule has 0 heterocycles. The molecular weight excluding hydrogens is 312 g/mol. The van der Waals surface area contributed by atoms with Crippen LogP contribution in [0.4, 0.5) is 8.78 Å². The molecule has 3 nitrogen and oxygen atoms in total. The van der Waals surface area contributed by atoms with Gasteiger partial charge < -0.3 is 10.4 Å². The fourth-order valence-corrected chi connectivity index (χ4v) is 2.54. The van der Waals surface area contributed by atoms with Gasteiger partial charge in [-0.1, -0.05) is 24.3 Å². The second-order valence-electron chi connectivity index (χ2n) is 5.77. The normalized spacial score (nSPS) is 12.0. The summed E-state index contributed by atoms with van der Waals surface area (Å²) >= 11 is 0. The van der Waals surface area contributed by atoms with Crippen molar-refractivity contribution in [3.63, 3.8) is 0 Å². The molecule has 1 amide bonds. The van der Waals surface area contributed by atoms with Crippen molar-refractivity contribution in [3.8, 4) is 0 Å². The van der Waals surface area contributed by atoms with E-state index in [0.29, 0.717) is 6.42 Å². The van der Waals surface area contributed by atoms with Gasteiger partial charge in [0.1, 0.15) is 11.6 Å². The summed E-state index contributed by atoms with van der Waals surface area (Å²) in [6, 6.07) is 10.7. The number of carbonyl (C=O) groups is 1. The molecule has 0 saturated carbocycles. The summed E-state index contributed by atoms with van der Waals surface area (Å²) in [5, 5.41) is 12.8. The minimum atomic E-state index is -0.768. The summed E-state index contributed by atoms with van der Waals surface area (Å²) in [6.07, 6.45) is 0.122. The first-order chi connectivity index (χ1) is 11.5. The Bertz CT molecular complexity index is 704. The Morgan fingerprint density at radius 1 is 1.21 bits per heavy atom. The number of hydrogen-bond donors (Lipinski definition) is 2. The monoisotopic (exact) mass is 333 g/mol. The Balaban J connectivity index is 1.75. The van der Waals surface area contributed by atoms with Crippen molar-refractivity contribution in [3.05, 3.63) is 70.8 Å². The summed E-state index contributed by atoms with van der Waals surface area (Å²) in [6.45, 7) is 2.02. The van der Waals surface area contributed by atoms with Crippen molar-refractivity contribution in [2.24, 2.45) is 0 Å². The highest BCUT2D eigenvalue weighted by atomic mass is 19.1. The largest absolute Gasteiger partial charge is 0.387 e. The maximum Gasteiger partial charge on any atom is 0.220 e. The third-order valence-electron chi connectivity index (χ3n) is 3.90. The molecule has 24 heavy (non-hydrogen) atoms. The van der Waals surface area contributed by atoms with Crippen molar-refractivity contribution >= 4 is 5.91 Å². The topological polar surface area (TPSA) is 49.3 Å². The summed E-state index contributed by atoms with van der Waals surface area (Å²) in [4.78, 5) is 11.8. The van der Waals surface area contributed by atoms with Crippen LogP contribution in [-0.4, -0.2) is 17.6 Å². The van der Waals surface area contributed by atoms with E-state index >= 15 is 0 Å². The van der Waals surface area contributed by atoms with Crippen molar-refractivity contribution in [2.75, 3.05) is 6.54 Å². The molecule has 0 saturated heterocycles. The predicted octanol–water partition coefficient (Wildman–Crippen LogP) is 3.45. The average molecular weight is 333 g/mol. The molecule has 0 aliphatic rings. The van der Waals surface area contributed by atoms with E-state index in [9.17, 15) is 18.7 Å². The van der Waals surface area contributed by atoms with Gasteiger partial charge in [0, 0.05) is 13.0 Å². The first-order valence-electron chi connectivity index (χ1n) is 7.91. The van der Waals surface area contributed by atoms with E-state index in [2.05, 4.69) is 5.32 Å². The molecule has 1 atom stereocenters. The van der Waals surface area contributed by atoms with Crippen molar-refractivity contribution in [1.82, 2.24) is 5.32 Å². The third-order valence-corrected chi connectivity index (χ3v) is 3.90. The van der Waals surface area contributed by atoms with Crippen molar-refractivity contribution < 1.29 is 18.7 Å². The van der Waals surface area contributed by atoms with Crippen LogP contribution in [0.1, 0.15) is 35.6 Å². The molecule has 0 spiro atoms. The van der Waals surface area contributed by atoms with Gasteiger partial charge in [-0.05, 0) is 54.7 Å².